The van der Waals surface area contributed by atoms with Crippen LogP contribution in [0.1, 0.15) is 25.2 Å². The second kappa shape index (κ2) is 6.01. The zero-order valence-corrected chi connectivity index (χ0v) is 14.0. The molecule has 0 fully saturated rings. The van der Waals surface area contributed by atoms with E-state index >= 15 is 0 Å². The molecule has 5 nitrogen and oxygen atoms in total. The predicted octanol–water partition coefficient (Wildman–Crippen LogP) is 3.97. The summed E-state index contributed by atoms with van der Waals surface area (Å²) in [7, 11) is 0. The standard InChI is InChI=1S/C17H18ClN5/c1-12-4-10-15(11-5-12)23-16(20-21-22-23)17(2,3)19-14-8-6-13(18)7-9-14/h4-11,19H,1-3H3. The van der Waals surface area contributed by atoms with Crippen molar-refractivity contribution in [2.75, 3.05) is 5.32 Å². The average Bonchev–Trinajstić information content (AvgIpc) is 3.01. The number of nitrogens with zero attached hydrogens (tertiary/aromatic N) is 4. The summed E-state index contributed by atoms with van der Waals surface area (Å²) in [5, 5.41) is 16.3. The van der Waals surface area contributed by atoms with E-state index in [0.717, 1.165) is 17.2 Å². The second-order valence-electron chi connectivity index (χ2n) is 6.01. The molecule has 118 valence electrons. The number of hydrogen-bond donors (Lipinski definition) is 1. The van der Waals surface area contributed by atoms with Gasteiger partial charge in [-0.25, -0.2) is 0 Å². The van der Waals surface area contributed by atoms with Crippen LogP contribution in [0, 0.1) is 6.92 Å². The van der Waals surface area contributed by atoms with Gasteiger partial charge in [0.05, 0.1) is 11.2 Å². The largest absolute Gasteiger partial charge is 0.373 e. The third-order valence-corrected chi connectivity index (χ3v) is 3.86. The van der Waals surface area contributed by atoms with Crippen molar-refractivity contribution in [3.8, 4) is 5.69 Å². The van der Waals surface area contributed by atoms with Crippen LogP contribution < -0.4 is 5.32 Å². The molecule has 1 N–H and O–H groups in total. The van der Waals surface area contributed by atoms with Crippen molar-refractivity contribution in [2.24, 2.45) is 0 Å². The maximum atomic E-state index is 5.94. The summed E-state index contributed by atoms with van der Waals surface area (Å²) in [5.74, 6) is 0.733. The molecule has 0 amide bonds. The number of aromatic nitrogens is 4. The molecule has 0 aliphatic carbocycles. The summed E-state index contributed by atoms with van der Waals surface area (Å²) in [6.07, 6.45) is 0. The molecule has 2 aromatic carbocycles. The van der Waals surface area contributed by atoms with Crippen LogP contribution in [-0.4, -0.2) is 20.2 Å². The Hall–Kier alpha value is -2.40. The monoisotopic (exact) mass is 327 g/mol. The highest BCUT2D eigenvalue weighted by Crippen LogP contribution is 2.26. The molecular weight excluding hydrogens is 310 g/mol. The lowest BCUT2D eigenvalue weighted by Gasteiger charge is -2.26. The molecule has 0 saturated heterocycles. The average molecular weight is 328 g/mol. The van der Waals surface area contributed by atoms with Crippen molar-refractivity contribution < 1.29 is 0 Å². The molecular formula is C17H18ClN5. The van der Waals surface area contributed by atoms with Crippen LogP contribution in [0.25, 0.3) is 5.69 Å². The second-order valence-corrected chi connectivity index (χ2v) is 6.44. The Morgan fingerprint density at radius 2 is 1.65 bits per heavy atom. The van der Waals surface area contributed by atoms with Gasteiger partial charge in [0.15, 0.2) is 5.82 Å². The van der Waals surface area contributed by atoms with Crippen molar-refractivity contribution in [1.29, 1.82) is 0 Å². The van der Waals surface area contributed by atoms with E-state index in [4.69, 9.17) is 11.6 Å². The lowest BCUT2D eigenvalue weighted by molar-refractivity contribution is 0.542. The highest BCUT2D eigenvalue weighted by Gasteiger charge is 2.28. The van der Waals surface area contributed by atoms with Gasteiger partial charge < -0.3 is 5.32 Å². The Morgan fingerprint density at radius 1 is 1.00 bits per heavy atom. The van der Waals surface area contributed by atoms with Crippen molar-refractivity contribution in [2.45, 2.75) is 26.3 Å². The number of halogens is 1. The van der Waals surface area contributed by atoms with Gasteiger partial charge in [-0.15, -0.1) is 5.10 Å². The van der Waals surface area contributed by atoms with E-state index in [1.165, 1.54) is 5.56 Å². The minimum Gasteiger partial charge on any atom is -0.373 e. The molecule has 0 atom stereocenters. The molecule has 3 aromatic rings. The number of anilines is 1. The zero-order valence-electron chi connectivity index (χ0n) is 13.3. The first-order valence-corrected chi connectivity index (χ1v) is 7.73. The molecule has 0 saturated carbocycles. The van der Waals surface area contributed by atoms with E-state index in [2.05, 4.69) is 27.8 Å². The lowest BCUT2D eigenvalue weighted by Crippen LogP contribution is -2.31. The maximum Gasteiger partial charge on any atom is 0.181 e. The third-order valence-electron chi connectivity index (χ3n) is 3.61. The van der Waals surface area contributed by atoms with Gasteiger partial charge in [-0.3, -0.25) is 0 Å². The Kier molecular flexibility index (Phi) is 4.05. The van der Waals surface area contributed by atoms with Gasteiger partial charge in [0.1, 0.15) is 0 Å². The van der Waals surface area contributed by atoms with Crippen molar-refractivity contribution in [1.82, 2.24) is 20.2 Å². The van der Waals surface area contributed by atoms with Crippen molar-refractivity contribution in [3.63, 3.8) is 0 Å². The van der Waals surface area contributed by atoms with E-state index in [-0.39, 0.29) is 0 Å². The van der Waals surface area contributed by atoms with Gasteiger partial charge >= 0.3 is 0 Å². The molecule has 0 aliphatic heterocycles. The Morgan fingerprint density at radius 3 is 2.30 bits per heavy atom. The van der Waals surface area contributed by atoms with E-state index in [1.807, 2.05) is 62.4 Å². The minimum atomic E-state index is -0.456. The highest BCUT2D eigenvalue weighted by molar-refractivity contribution is 6.30. The minimum absolute atomic E-state index is 0.456. The van der Waals surface area contributed by atoms with Crippen LogP contribution in [0.5, 0.6) is 0 Å². The fourth-order valence-corrected chi connectivity index (χ4v) is 2.51. The summed E-state index contributed by atoms with van der Waals surface area (Å²) < 4.78 is 1.75. The zero-order chi connectivity index (χ0) is 16.4. The smallest absolute Gasteiger partial charge is 0.181 e. The summed E-state index contributed by atoms with van der Waals surface area (Å²) >= 11 is 5.94. The fraction of sp³-hybridized carbons (Fsp3) is 0.235. The van der Waals surface area contributed by atoms with Gasteiger partial charge in [-0.2, -0.15) is 4.68 Å². The summed E-state index contributed by atoms with van der Waals surface area (Å²) in [6, 6.07) is 15.7. The maximum absolute atomic E-state index is 5.94. The Labute approximate surface area is 140 Å². The lowest BCUT2D eigenvalue weighted by atomic mass is 10.0. The molecule has 0 bridgehead atoms. The van der Waals surface area contributed by atoms with Gasteiger partial charge in [-0.1, -0.05) is 29.3 Å². The fourth-order valence-electron chi connectivity index (χ4n) is 2.39. The van der Waals surface area contributed by atoms with Crippen LogP contribution in [0.15, 0.2) is 48.5 Å². The van der Waals surface area contributed by atoms with E-state index in [0.29, 0.717) is 5.02 Å². The number of rotatable bonds is 4. The number of aryl methyl sites for hydroxylation is 1. The van der Waals surface area contributed by atoms with Crippen LogP contribution in [-0.2, 0) is 5.54 Å². The number of benzene rings is 2. The summed E-state index contributed by atoms with van der Waals surface area (Å²) in [4.78, 5) is 0. The molecule has 6 heteroatoms. The van der Waals surface area contributed by atoms with E-state index < -0.39 is 5.54 Å². The van der Waals surface area contributed by atoms with Crippen LogP contribution in [0.4, 0.5) is 5.69 Å². The quantitative estimate of drug-likeness (QED) is 0.787. The summed E-state index contributed by atoms with van der Waals surface area (Å²) in [6.45, 7) is 6.13. The van der Waals surface area contributed by atoms with Crippen LogP contribution in [0.2, 0.25) is 5.02 Å². The highest BCUT2D eigenvalue weighted by atomic mass is 35.5. The molecule has 1 heterocycles. The topological polar surface area (TPSA) is 55.6 Å². The first-order valence-electron chi connectivity index (χ1n) is 7.35. The van der Waals surface area contributed by atoms with Crippen LogP contribution >= 0.6 is 11.6 Å². The molecule has 0 aliphatic rings. The number of tetrazole rings is 1. The van der Waals surface area contributed by atoms with Gasteiger partial charge in [-0.05, 0) is 67.6 Å². The normalized spacial score (nSPS) is 11.5. The van der Waals surface area contributed by atoms with Gasteiger partial charge in [0.25, 0.3) is 0 Å². The molecule has 1 aromatic heterocycles. The van der Waals surface area contributed by atoms with Crippen molar-refractivity contribution in [3.05, 3.63) is 64.9 Å². The molecule has 3 rings (SSSR count). The Bertz CT molecular complexity index is 791. The van der Waals surface area contributed by atoms with E-state index in [9.17, 15) is 0 Å². The number of nitrogens with one attached hydrogen (secondary N) is 1. The Balaban J connectivity index is 1.93. The first-order chi connectivity index (χ1) is 11.0. The predicted molar refractivity (Wildman–Crippen MR) is 92.0 cm³/mol. The first kappa shape index (κ1) is 15.5. The van der Waals surface area contributed by atoms with Crippen LogP contribution in [0.3, 0.4) is 0 Å². The molecule has 0 radical (unpaired) electrons. The summed E-state index contributed by atoms with van der Waals surface area (Å²) in [5.41, 5.74) is 2.63. The van der Waals surface area contributed by atoms with Gasteiger partial charge in [0, 0.05) is 10.7 Å². The molecule has 0 unspecified atom stereocenters. The SMILES string of the molecule is Cc1ccc(-n2nnnc2C(C)(C)Nc2ccc(Cl)cc2)cc1. The number of hydrogen-bond acceptors (Lipinski definition) is 4. The van der Waals surface area contributed by atoms with Gasteiger partial charge in [0.2, 0.25) is 0 Å². The molecule has 23 heavy (non-hydrogen) atoms. The third kappa shape index (κ3) is 3.35. The molecule has 0 spiro atoms. The van der Waals surface area contributed by atoms with Crippen molar-refractivity contribution >= 4 is 17.3 Å². The van der Waals surface area contributed by atoms with E-state index in [1.54, 1.807) is 4.68 Å².